The van der Waals surface area contributed by atoms with E-state index in [2.05, 4.69) is 30.6 Å². The Hall–Kier alpha value is -0.160. The molecule has 1 rings (SSSR count). The second-order valence-corrected chi connectivity index (χ2v) is 6.45. The van der Waals surface area contributed by atoms with Gasteiger partial charge in [-0.15, -0.1) is 0 Å². The fourth-order valence-corrected chi connectivity index (χ4v) is 2.14. The van der Waals surface area contributed by atoms with Gasteiger partial charge in [-0.2, -0.15) is 0 Å². The Morgan fingerprint density at radius 1 is 1.06 bits per heavy atom. The lowest BCUT2D eigenvalue weighted by Crippen LogP contribution is -2.54. The van der Waals surface area contributed by atoms with Crippen molar-refractivity contribution >= 4 is 0 Å². The lowest BCUT2D eigenvalue weighted by atomic mass is 10.0. The van der Waals surface area contributed by atoms with E-state index < -0.39 is 5.60 Å². The molecule has 0 aromatic carbocycles. The second-order valence-electron chi connectivity index (χ2n) is 6.45. The normalized spacial score (nSPS) is 23.6. The third-order valence-corrected chi connectivity index (χ3v) is 3.73. The molecule has 0 aromatic rings. The zero-order chi connectivity index (χ0) is 13.1. The molecule has 1 saturated heterocycles. The number of rotatable bonds is 4. The molecule has 0 radical (unpaired) electrons. The van der Waals surface area contributed by atoms with Crippen LogP contribution in [0, 0.1) is 0 Å². The van der Waals surface area contributed by atoms with Crippen molar-refractivity contribution in [2.24, 2.45) is 5.73 Å². The highest BCUT2D eigenvalue weighted by Crippen LogP contribution is 2.16. The maximum atomic E-state index is 9.87. The van der Waals surface area contributed by atoms with Gasteiger partial charge < -0.3 is 15.7 Å². The van der Waals surface area contributed by atoms with E-state index in [1.54, 1.807) is 0 Å². The predicted molar refractivity (Wildman–Crippen MR) is 72.1 cm³/mol. The van der Waals surface area contributed by atoms with Crippen LogP contribution in [0.4, 0.5) is 0 Å². The van der Waals surface area contributed by atoms with Crippen molar-refractivity contribution in [1.82, 2.24) is 9.80 Å². The van der Waals surface area contributed by atoms with E-state index in [0.29, 0.717) is 6.54 Å². The van der Waals surface area contributed by atoms with Gasteiger partial charge in [0, 0.05) is 44.8 Å². The van der Waals surface area contributed by atoms with Crippen LogP contribution < -0.4 is 5.73 Å². The molecule has 1 unspecified atom stereocenters. The van der Waals surface area contributed by atoms with Gasteiger partial charge in [-0.05, 0) is 34.1 Å². The highest BCUT2D eigenvalue weighted by atomic mass is 16.3. The van der Waals surface area contributed by atoms with Crippen molar-refractivity contribution in [2.45, 2.75) is 45.3 Å². The molecule has 3 N–H and O–H groups in total. The summed E-state index contributed by atoms with van der Waals surface area (Å²) in [5, 5.41) is 9.87. The first kappa shape index (κ1) is 14.9. The van der Waals surface area contributed by atoms with E-state index in [1.807, 2.05) is 6.92 Å². The summed E-state index contributed by atoms with van der Waals surface area (Å²) < 4.78 is 0. The quantitative estimate of drug-likeness (QED) is 0.755. The number of nitrogens with two attached hydrogens (primary N) is 1. The van der Waals surface area contributed by atoms with Crippen molar-refractivity contribution in [1.29, 1.82) is 0 Å². The van der Waals surface area contributed by atoms with Crippen molar-refractivity contribution < 1.29 is 5.11 Å². The number of aliphatic hydroxyl groups is 1. The fourth-order valence-electron chi connectivity index (χ4n) is 2.14. The summed E-state index contributed by atoms with van der Waals surface area (Å²) in [5.74, 6) is 0. The molecule has 1 heterocycles. The third-order valence-electron chi connectivity index (χ3n) is 3.73. The molecule has 1 atom stereocenters. The van der Waals surface area contributed by atoms with Crippen LogP contribution in [0.1, 0.15) is 34.1 Å². The van der Waals surface area contributed by atoms with E-state index in [-0.39, 0.29) is 5.54 Å². The zero-order valence-electron chi connectivity index (χ0n) is 11.9. The van der Waals surface area contributed by atoms with Gasteiger partial charge in [0.05, 0.1) is 5.60 Å². The summed E-state index contributed by atoms with van der Waals surface area (Å²) in [6.07, 6.45) is 0.763. The maximum Gasteiger partial charge on any atom is 0.0753 e. The third kappa shape index (κ3) is 4.92. The monoisotopic (exact) mass is 243 g/mol. The van der Waals surface area contributed by atoms with Gasteiger partial charge in [-0.3, -0.25) is 4.90 Å². The van der Waals surface area contributed by atoms with Crippen LogP contribution in [-0.2, 0) is 0 Å². The molecule has 0 amide bonds. The molecule has 102 valence electrons. The summed E-state index contributed by atoms with van der Waals surface area (Å²) in [4.78, 5) is 4.94. The summed E-state index contributed by atoms with van der Waals surface area (Å²) >= 11 is 0. The lowest BCUT2D eigenvalue weighted by Gasteiger charge is -2.42. The van der Waals surface area contributed by atoms with Gasteiger partial charge in [-0.25, -0.2) is 0 Å². The first-order valence-corrected chi connectivity index (χ1v) is 6.64. The summed E-state index contributed by atoms with van der Waals surface area (Å²) in [5.41, 5.74) is 5.09. The van der Waals surface area contributed by atoms with Crippen LogP contribution in [0.15, 0.2) is 0 Å². The van der Waals surface area contributed by atoms with Crippen molar-refractivity contribution in [3.8, 4) is 0 Å². The zero-order valence-corrected chi connectivity index (χ0v) is 11.9. The molecule has 17 heavy (non-hydrogen) atoms. The van der Waals surface area contributed by atoms with Gasteiger partial charge in [0.25, 0.3) is 0 Å². The summed E-state index contributed by atoms with van der Waals surface area (Å²) in [6, 6.07) is 0. The largest absolute Gasteiger partial charge is 0.389 e. The Morgan fingerprint density at radius 2 is 1.59 bits per heavy atom. The summed E-state index contributed by atoms with van der Waals surface area (Å²) in [7, 11) is 0. The van der Waals surface area contributed by atoms with Crippen LogP contribution in [0.5, 0.6) is 0 Å². The standard InChI is InChI=1S/C13H29N3O/c1-12(2,3)16-9-7-15(8-10-16)6-5-13(4,17)11-14/h17H,5-11,14H2,1-4H3. The molecule has 1 fully saturated rings. The second kappa shape index (κ2) is 5.65. The van der Waals surface area contributed by atoms with Crippen LogP contribution in [0.3, 0.4) is 0 Å². The topological polar surface area (TPSA) is 52.7 Å². The van der Waals surface area contributed by atoms with Gasteiger partial charge in [0.1, 0.15) is 0 Å². The molecule has 1 aliphatic rings. The fraction of sp³-hybridized carbons (Fsp3) is 1.00. The molecule has 4 nitrogen and oxygen atoms in total. The molecule has 1 aliphatic heterocycles. The molecule has 0 spiro atoms. The Bertz CT molecular complexity index is 227. The highest BCUT2D eigenvalue weighted by Gasteiger charge is 2.26. The first-order chi connectivity index (χ1) is 7.74. The number of piperazine rings is 1. The predicted octanol–water partition coefficient (Wildman–Crippen LogP) is 0.502. The minimum atomic E-state index is -0.707. The van der Waals surface area contributed by atoms with E-state index in [9.17, 15) is 5.11 Å². The average molecular weight is 243 g/mol. The highest BCUT2D eigenvalue weighted by molar-refractivity contribution is 4.83. The van der Waals surface area contributed by atoms with Crippen LogP contribution >= 0.6 is 0 Å². The maximum absolute atomic E-state index is 9.87. The molecular formula is C13H29N3O. The van der Waals surface area contributed by atoms with E-state index in [4.69, 9.17) is 5.73 Å². The SMILES string of the molecule is CC(O)(CN)CCN1CCN(C(C)(C)C)CC1. The van der Waals surface area contributed by atoms with Crippen molar-refractivity contribution in [2.75, 3.05) is 39.3 Å². The van der Waals surface area contributed by atoms with Crippen molar-refractivity contribution in [3.63, 3.8) is 0 Å². The molecule has 0 saturated carbocycles. The Morgan fingerprint density at radius 3 is 2.00 bits per heavy atom. The van der Waals surface area contributed by atoms with E-state index >= 15 is 0 Å². The molecule has 4 heteroatoms. The Balaban J connectivity index is 2.29. The van der Waals surface area contributed by atoms with Gasteiger partial charge in [-0.1, -0.05) is 0 Å². The van der Waals surface area contributed by atoms with Gasteiger partial charge >= 0.3 is 0 Å². The van der Waals surface area contributed by atoms with Crippen LogP contribution in [0.2, 0.25) is 0 Å². The van der Waals surface area contributed by atoms with E-state index in [0.717, 1.165) is 39.1 Å². The smallest absolute Gasteiger partial charge is 0.0753 e. The Kier molecular flexibility index (Phi) is 4.95. The number of hydrogen-bond acceptors (Lipinski definition) is 4. The molecular weight excluding hydrogens is 214 g/mol. The molecule has 0 bridgehead atoms. The van der Waals surface area contributed by atoms with Crippen LogP contribution in [0.25, 0.3) is 0 Å². The lowest BCUT2D eigenvalue weighted by molar-refractivity contribution is 0.0257. The Labute approximate surface area is 106 Å². The average Bonchev–Trinajstić information content (AvgIpc) is 2.26. The molecule has 0 aromatic heterocycles. The van der Waals surface area contributed by atoms with Gasteiger partial charge in [0.2, 0.25) is 0 Å². The van der Waals surface area contributed by atoms with E-state index in [1.165, 1.54) is 0 Å². The van der Waals surface area contributed by atoms with Gasteiger partial charge in [0.15, 0.2) is 0 Å². The van der Waals surface area contributed by atoms with Crippen LogP contribution in [-0.4, -0.2) is 65.3 Å². The number of nitrogens with zero attached hydrogens (tertiary/aromatic N) is 2. The first-order valence-electron chi connectivity index (χ1n) is 6.64. The number of hydrogen-bond donors (Lipinski definition) is 2. The summed E-state index contributed by atoms with van der Waals surface area (Å²) in [6.45, 7) is 14.3. The minimum absolute atomic E-state index is 0.273. The molecule has 0 aliphatic carbocycles. The minimum Gasteiger partial charge on any atom is -0.389 e. The van der Waals surface area contributed by atoms with Crippen molar-refractivity contribution in [3.05, 3.63) is 0 Å².